The van der Waals surface area contributed by atoms with Crippen LogP contribution in [-0.4, -0.2) is 41.5 Å². The van der Waals surface area contributed by atoms with E-state index in [4.69, 9.17) is 11.6 Å². The van der Waals surface area contributed by atoms with E-state index < -0.39 is 15.9 Å². The second-order valence-corrected chi connectivity index (χ2v) is 10.2. The fourth-order valence-electron chi connectivity index (χ4n) is 3.93. The van der Waals surface area contributed by atoms with Crippen molar-refractivity contribution < 1.29 is 13.2 Å². The second-order valence-electron chi connectivity index (χ2n) is 7.83. The lowest BCUT2D eigenvalue weighted by Crippen LogP contribution is -2.28. The van der Waals surface area contributed by atoms with Crippen molar-refractivity contribution in [2.75, 3.05) is 13.1 Å². The minimum absolute atomic E-state index is 0.0817. The van der Waals surface area contributed by atoms with Gasteiger partial charge in [-0.25, -0.2) is 13.1 Å². The van der Waals surface area contributed by atoms with Crippen molar-refractivity contribution in [2.45, 2.75) is 38.1 Å². The van der Waals surface area contributed by atoms with Crippen LogP contribution in [0.2, 0.25) is 5.02 Å². The normalized spacial score (nSPS) is 14.6. The molecule has 4 rings (SSSR count). The number of aromatic nitrogens is 2. The van der Waals surface area contributed by atoms with Crippen LogP contribution < -0.4 is 5.32 Å². The number of nitrogens with one attached hydrogen (secondary N) is 1. The Bertz CT molecular complexity index is 1250. The molecule has 0 radical (unpaired) electrons. The molecule has 0 aliphatic carbocycles. The molecule has 0 unspecified atom stereocenters. The van der Waals surface area contributed by atoms with E-state index in [9.17, 15) is 13.2 Å². The average Bonchev–Trinajstić information content (AvgIpc) is 3.42. The molecule has 32 heavy (non-hydrogen) atoms. The molecule has 1 amide bonds. The number of carbonyl (C=O) groups is 1. The molecular formula is C23H25ClN4O3S. The molecule has 168 valence electrons. The quantitative estimate of drug-likeness (QED) is 0.590. The monoisotopic (exact) mass is 472 g/mol. The lowest BCUT2D eigenvalue weighted by Gasteiger charge is -2.16. The number of hydrogen-bond acceptors (Lipinski definition) is 4. The van der Waals surface area contributed by atoms with Crippen molar-refractivity contribution in [1.29, 1.82) is 0 Å². The van der Waals surface area contributed by atoms with Crippen LogP contribution in [0.5, 0.6) is 0 Å². The van der Waals surface area contributed by atoms with Gasteiger partial charge in [0, 0.05) is 30.9 Å². The van der Waals surface area contributed by atoms with E-state index in [2.05, 4.69) is 10.4 Å². The van der Waals surface area contributed by atoms with Crippen LogP contribution in [0.15, 0.2) is 53.4 Å². The molecule has 2 heterocycles. The van der Waals surface area contributed by atoms with Gasteiger partial charge in [0.05, 0.1) is 26.9 Å². The van der Waals surface area contributed by atoms with E-state index in [1.54, 1.807) is 0 Å². The Balaban J connectivity index is 1.55. The van der Waals surface area contributed by atoms with Crippen molar-refractivity contribution in [3.63, 3.8) is 0 Å². The number of hydrogen-bond donors (Lipinski definition) is 1. The van der Waals surface area contributed by atoms with Crippen LogP contribution in [0.4, 0.5) is 0 Å². The SMILES string of the molecule is Cc1nn(-c2ccccc2)c(C)c1CNC(=O)c1cc(S(=O)(=O)N2CCCC2)ccc1Cl. The topological polar surface area (TPSA) is 84.3 Å². The number of amides is 1. The minimum Gasteiger partial charge on any atom is -0.348 e. The van der Waals surface area contributed by atoms with E-state index in [0.717, 1.165) is 35.5 Å². The van der Waals surface area contributed by atoms with Crippen LogP contribution in [0.25, 0.3) is 5.69 Å². The first-order valence-electron chi connectivity index (χ1n) is 10.5. The van der Waals surface area contributed by atoms with Gasteiger partial charge in [-0.05, 0) is 57.0 Å². The number of halogens is 1. The number of para-hydroxylation sites is 1. The van der Waals surface area contributed by atoms with Gasteiger partial charge in [-0.15, -0.1) is 0 Å². The maximum Gasteiger partial charge on any atom is 0.253 e. The van der Waals surface area contributed by atoms with Gasteiger partial charge in [0.25, 0.3) is 5.91 Å². The summed E-state index contributed by atoms with van der Waals surface area (Å²) in [5, 5.41) is 7.66. The largest absolute Gasteiger partial charge is 0.348 e. The van der Waals surface area contributed by atoms with Crippen LogP contribution in [0, 0.1) is 13.8 Å². The maximum absolute atomic E-state index is 12.9. The van der Waals surface area contributed by atoms with Gasteiger partial charge in [-0.2, -0.15) is 9.40 Å². The van der Waals surface area contributed by atoms with Gasteiger partial charge in [0.15, 0.2) is 0 Å². The van der Waals surface area contributed by atoms with E-state index in [1.807, 2.05) is 48.9 Å². The van der Waals surface area contributed by atoms with Gasteiger partial charge in [0.1, 0.15) is 0 Å². The molecule has 9 heteroatoms. The van der Waals surface area contributed by atoms with Crippen LogP contribution >= 0.6 is 11.6 Å². The molecule has 0 saturated carbocycles. The molecule has 1 aliphatic heterocycles. The summed E-state index contributed by atoms with van der Waals surface area (Å²) in [5.74, 6) is -0.431. The second kappa shape index (κ2) is 9.05. The Hall–Kier alpha value is -2.68. The maximum atomic E-state index is 12.9. The third-order valence-electron chi connectivity index (χ3n) is 5.75. The van der Waals surface area contributed by atoms with Crippen molar-refractivity contribution in [3.05, 3.63) is 76.1 Å². The molecule has 1 saturated heterocycles. The van der Waals surface area contributed by atoms with Gasteiger partial charge >= 0.3 is 0 Å². The number of carbonyl (C=O) groups excluding carboxylic acids is 1. The standard InChI is InChI=1S/C23H25ClN4O3S/c1-16-21(17(2)28(26-16)18-8-4-3-5-9-18)15-25-23(29)20-14-19(10-11-22(20)24)32(30,31)27-12-6-7-13-27/h3-5,8-11,14H,6-7,12-13,15H2,1-2H3,(H,25,29). The van der Waals surface area contributed by atoms with Gasteiger partial charge in [0.2, 0.25) is 10.0 Å². The minimum atomic E-state index is -3.64. The number of aryl methyl sites for hydroxylation is 1. The van der Waals surface area contributed by atoms with Gasteiger partial charge in [-0.1, -0.05) is 29.8 Å². The number of nitrogens with zero attached hydrogens (tertiary/aromatic N) is 3. The Morgan fingerprint density at radius 3 is 2.47 bits per heavy atom. The summed E-state index contributed by atoms with van der Waals surface area (Å²) in [5.41, 5.74) is 3.71. The summed E-state index contributed by atoms with van der Waals surface area (Å²) in [6.07, 6.45) is 1.69. The van der Waals surface area contributed by atoms with Crippen LogP contribution in [0.3, 0.4) is 0 Å². The van der Waals surface area contributed by atoms with Crippen LogP contribution in [-0.2, 0) is 16.6 Å². The number of rotatable bonds is 6. The van der Waals surface area contributed by atoms with Crippen molar-refractivity contribution in [2.24, 2.45) is 0 Å². The zero-order valence-corrected chi connectivity index (χ0v) is 19.6. The number of sulfonamides is 1. The van der Waals surface area contributed by atoms with E-state index in [1.165, 1.54) is 22.5 Å². The fourth-order valence-corrected chi connectivity index (χ4v) is 5.68. The summed E-state index contributed by atoms with van der Waals surface area (Å²) in [6, 6.07) is 14.0. The van der Waals surface area contributed by atoms with Crippen molar-refractivity contribution in [3.8, 4) is 5.69 Å². The molecular weight excluding hydrogens is 448 g/mol. The summed E-state index contributed by atoms with van der Waals surface area (Å²) in [6.45, 7) is 5.09. The highest BCUT2D eigenvalue weighted by Crippen LogP contribution is 2.25. The van der Waals surface area contributed by atoms with E-state index in [-0.39, 0.29) is 22.0 Å². The van der Waals surface area contributed by atoms with Gasteiger partial charge < -0.3 is 5.32 Å². The molecule has 0 spiro atoms. The van der Waals surface area contributed by atoms with E-state index >= 15 is 0 Å². The van der Waals surface area contributed by atoms with Crippen molar-refractivity contribution >= 4 is 27.5 Å². The van der Waals surface area contributed by atoms with E-state index in [0.29, 0.717) is 13.1 Å². The molecule has 1 fully saturated rings. The van der Waals surface area contributed by atoms with Crippen LogP contribution in [0.1, 0.15) is 40.2 Å². The lowest BCUT2D eigenvalue weighted by atomic mass is 10.1. The summed E-state index contributed by atoms with van der Waals surface area (Å²) < 4.78 is 29.0. The average molecular weight is 473 g/mol. The molecule has 1 aliphatic rings. The molecule has 1 N–H and O–H groups in total. The zero-order chi connectivity index (χ0) is 22.9. The highest BCUT2D eigenvalue weighted by molar-refractivity contribution is 7.89. The Labute approximate surface area is 193 Å². The molecule has 1 aromatic heterocycles. The Morgan fingerprint density at radius 1 is 1.09 bits per heavy atom. The predicted molar refractivity (Wildman–Crippen MR) is 124 cm³/mol. The molecule has 3 aromatic rings. The predicted octanol–water partition coefficient (Wildman–Crippen LogP) is 3.86. The molecule has 0 atom stereocenters. The third kappa shape index (κ3) is 4.30. The first-order valence-corrected chi connectivity index (χ1v) is 12.3. The Kier molecular flexibility index (Phi) is 6.37. The third-order valence-corrected chi connectivity index (χ3v) is 7.98. The number of benzene rings is 2. The summed E-state index contributed by atoms with van der Waals surface area (Å²) in [4.78, 5) is 13.0. The first kappa shape index (κ1) is 22.5. The highest BCUT2D eigenvalue weighted by atomic mass is 35.5. The van der Waals surface area contributed by atoms with Gasteiger partial charge in [-0.3, -0.25) is 4.79 Å². The lowest BCUT2D eigenvalue weighted by molar-refractivity contribution is 0.0951. The molecule has 0 bridgehead atoms. The summed E-state index contributed by atoms with van der Waals surface area (Å²) >= 11 is 6.24. The fraction of sp³-hybridized carbons (Fsp3) is 0.304. The van der Waals surface area contributed by atoms with Crippen molar-refractivity contribution in [1.82, 2.24) is 19.4 Å². The molecule has 2 aromatic carbocycles. The smallest absolute Gasteiger partial charge is 0.253 e. The summed E-state index contributed by atoms with van der Waals surface area (Å²) in [7, 11) is -3.64. The zero-order valence-electron chi connectivity index (χ0n) is 18.0. The Morgan fingerprint density at radius 2 is 1.78 bits per heavy atom. The molecule has 7 nitrogen and oxygen atoms in total. The first-order chi connectivity index (χ1) is 15.3. The highest BCUT2D eigenvalue weighted by Gasteiger charge is 2.28.